The third kappa shape index (κ3) is 7.92. The minimum absolute atomic E-state index is 0.00810. The van der Waals surface area contributed by atoms with Crippen LogP contribution < -0.4 is 20.9 Å². The Morgan fingerprint density at radius 1 is 1.10 bits per heavy atom. The Kier molecular flexibility index (Phi) is 9.69. The molecule has 0 aliphatic heterocycles. The first-order chi connectivity index (χ1) is 18.8. The highest BCUT2D eigenvalue weighted by Gasteiger charge is 2.32. The zero-order chi connectivity index (χ0) is 29.6. The Labute approximate surface area is 228 Å². The summed E-state index contributed by atoms with van der Waals surface area (Å²) in [5.74, 6) is -1.99. The molecule has 0 aliphatic carbocycles. The van der Waals surface area contributed by atoms with Crippen molar-refractivity contribution in [2.24, 2.45) is 0 Å². The lowest BCUT2D eigenvalue weighted by Gasteiger charge is -2.20. The molecule has 8 nitrogen and oxygen atoms in total. The van der Waals surface area contributed by atoms with Crippen molar-refractivity contribution in [3.8, 4) is 16.9 Å². The molecule has 1 heterocycles. The summed E-state index contributed by atoms with van der Waals surface area (Å²) in [6.07, 6.45) is -3.86. The highest BCUT2D eigenvalue weighted by Crippen LogP contribution is 2.32. The number of ether oxygens (including phenoxy) is 1. The first-order valence-electron chi connectivity index (χ1n) is 12.4. The molecule has 214 valence electrons. The van der Waals surface area contributed by atoms with Crippen molar-refractivity contribution in [1.82, 2.24) is 15.2 Å². The largest absolute Gasteiger partial charge is 0.493 e. The van der Waals surface area contributed by atoms with E-state index in [1.165, 1.54) is 30.5 Å². The molecule has 2 amide bonds. The molecule has 0 saturated carbocycles. The van der Waals surface area contributed by atoms with Gasteiger partial charge in [0.15, 0.2) is 0 Å². The summed E-state index contributed by atoms with van der Waals surface area (Å²) in [6, 6.07) is 7.79. The fourth-order valence-corrected chi connectivity index (χ4v) is 3.71. The molecular weight excluding hydrogens is 532 g/mol. The van der Waals surface area contributed by atoms with E-state index in [1.54, 1.807) is 21.0 Å². The van der Waals surface area contributed by atoms with Crippen LogP contribution in [0, 0.1) is 5.82 Å². The van der Waals surface area contributed by atoms with Gasteiger partial charge in [0.25, 0.3) is 11.5 Å². The van der Waals surface area contributed by atoms with Crippen LogP contribution in [-0.2, 0) is 17.4 Å². The van der Waals surface area contributed by atoms with Gasteiger partial charge in [0.1, 0.15) is 11.6 Å². The van der Waals surface area contributed by atoms with E-state index < -0.39 is 35.8 Å². The van der Waals surface area contributed by atoms with E-state index in [4.69, 9.17) is 4.74 Å². The van der Waals surface area contributed by atoms with E-state index in [-0.39, 0.29) is 47.3 Å². The first kappa shape index (κ1) is 30.4. The van der Waals surface area contributed by atoms with E-state index in [9.17, 15) is 31.9 Å². The number of anilines is 1. The second-order valence-corrected chi connectivity index (χ2v) is 9.36. The van der Waals surface area contributed by atoms with Crippen LogP contribution in [0.15, 0.2) is 53.5 Å². The second-order valence-electron chi connectivity index (χ2n) is 9.36. The Hall–Kier alpha value is -4.19. The van der Waals surface area contributed by atoms with Crippen LogP contribution in [-0.4, -0.2) is 55.0 Å². The molecule has 3 aromatic rings. The van der Waals surface area contributed by atoms with Gasteiger partial charge in [0.05, 0.1) is 18.6 Å². The lowest BCUT2D eigenvalue weighted by Crippen LogP contribution is -2.38. The molecule has 0 fully saturated rings. The van der Waals surface area contributed by atoms with Crippen molar-refractivity contribution in [3.05, 3.63) is 81.5 Å². The molecule has 0 radical (unpaired) electrons. The minimum Gasteiger partial charge on any atom is -0.493 e. The molecule has 3 N–H and O–H groups in total. The molecule has 40 heavy (non-hydrogen) atoms. The average molecular weight is 563 g/mol. The maximum atomic E-state index is 14.9. The van der Waals surface area contributed by atoms with Crippen LogP contribution in [0.3, 0.4) is 0 Å². The van der Waals surface area contributed by atoms with E-state index in [0.29, 0.717) is 23.3 Å². The van der Waals surface area contributed by atoms with Gasteiger partial charge in [-0.05, 0) is 63.3 Å². The molecule has 0 spiro atoms. The fraction of sp³-hybridized carbons (Fsp3) is 0.321. The Morgan fingerprint density at radius 3 is 2.45 bits per heavy atom. The predicted octanol–water partition coefficient (Wildman–Crippen LogP) is 4.46. The number of nitrogens with one attached hydrogen (secondary N) is 3. The van der Waals surface area contributed by atoms with Crippen LogP contribution in [0.25, 0.3) is 11.1 Å². The van der Waals surface area contributed by atoms with Crippen molar-refractivity contribution in [2.45, 2.75) is 32.5 Å². The molecule has 1 atom stereocenters. The van der Waals surface area contributed by atoms with Gasteiger partial charge in [-0.1, -0.05) is 12.1 Å². The van der Waals surface area contributed by atoms with E-state index in [1.807, 2.05) is 11.8 Å². The number of alkyl halides is 3. The van der Waals surface area contributed by atoms with Crippen molar-refractivity contribution < 1.29 is 31.9 Å². The van der Waals surface area contributed by atoms with Gasteiger partial charge in [0.2, 0.25) is 5.91 Å². The van der Waals surface area contributed by atoms with Crippen LogP contribution in [0.5, 0.6) is 5.75 Å². The zero-order valence-electron chi connectivity index (χ0n) is 22.4. The van der Waals surface area contributed by atoms with Crippen LogP contribution in [0.1, 0.15) is 35.3 Å². The summed E-state index contributed by atoms with van der Waals surface area (Å²) in [5.41, 5.74) is -1.22. The molecule has 1 unspecified atom stereocenters. The number of carbonyl (C=O) groups excluding carboxylic acids is 2. The van der Waals surface area contributed by atoms with Crippen LogP contribution in [0.2, 0.25) is 0 Å². The maximum absolute atomic E-state index is 14.9. The number of hydrogen-bond donors (Lipinski definition) is 3. The summed E-state index contributed by atoms with van der Waals surface area (Å²) in [7, 11) is 3.60. The number of carbonyl (C=O) groups is 2. The van der Waals surface area contributed by atoms with Crippen molar-refractivity contribution >= 4 is 17.5 Å². The third-order valence-electron chi connectivity index (χ3n) is 6.15. The van der Waals surface area contributed by atoms with E-state index >= 15 is 0 Å². The number of H-pyrrole nitrogens is 1. The highest BCUT2D eigenvalue weighted by molar-refractivity contribution is 5.98. The number of nitrogens with zero attached hydrogens (tertiary/aromatic N) is 1. The van der Waals surface area contributed by atoms with Crippen LogP contribution >= 0.6 is 0 Å². The summed E-state index contributed by atoms with van der Waals surface area (Å²) < 4.78 is 60.9. The molecular formula is C28H30F4N4O4. The van der Waals surface area contributed by atoms with Crippen molar-refractivity contribution in [3.63, 3.8) is 0 Å². The molecule has 0 aliphatic rings. The topological polar surface area (TPSA) is 104 Å². The number of hydrogen-bond acceptors (Lipinski definition) is 5. The van der Waals surface area contributed by atoms with Gasteiger partial charge in [0, 0.05) is 41.7 Å². The summed E-state index contributed by atoms with van der Waals surface area (Å²) in [4.78, 5) is 41.2. The predicted molar refractivity (Wildman–Crippen MR) is 143 cm³/mol. The number of aromatic amines is 1. The van der Waals surface area contributed by atoms with Gasteiger partial charge >= 0.3 is 6.18 Å². The van der Waals surface area contributed by atoms with Gasteiger partial charge in [-0.3, -0.25) is 14.4 Å². The lowest BCUT2D eigenvalue weighted by molar-refractivity contribution is -0.137. The van der Waals surface area contributed by atoms with E-state index in [2.05, 4.69) is 15.6 Å². The Bertz CT molecular complexity index is 1440. The summed E-state index contributed by atoms with van der Waals surface area (Å²) in [5, 5.41) is 4.91. The highest BCUT2D eigenvalue weighted by atomic mass is 19.4. The van der Waals surface area contributed by atoms with Gasteiger partial charge in [-0.2, -0.15) is 13.2 Å². The van der Waals surface area contributed by atoms with Crippen LogP contribution in [0.4, 0.5) is 23.2 Å². The standard InChI is InChI=1S/C28H30F4N4O4/c1-5-40-24-13-25(37)33-15-22(24)17-6-7-18(23(29)10-17)11-26(38)35-21-9-19(8-20(12-21)28(30,31)32)27(39)34-14-16(2)36(3)4/h6-10,12-13,15-16H,5,11,14H2,1-4H3,(H,33,37)(H,34,39)(H,35,38). The fourth-order valence-electron chi connectivity index (χ4n) is 3.71. The zero-order valence-corrected chi connectivity index (χ0v) is 22.4. The normalized spacial score (nSPS) is 12.2. The van der Waals surface area contributed by atoms with Gasteiger partial charge in [-0.15, -0.1) is 0 Å². The smallest absolute Gasteiger partial charge is 0.416 e. The SMILES string of the molecule is CCOc1cc(=O)[nH]cc1-c1ccc(CC(=O)Nc2cc(C(=O)NCC(C)N(C)C)cc(C(F)(F)F)c2)c(F)c1. The van der Waals surface area contributed by atoms with Gasteiger partial charge in [-0.25, -0.2) is 4.39 Å². The van der Waals surface area contributed by atoms with Crippen molar-refractivity contribution in [2.75, 3.05) is 32.6 Å². The number of benzene rings is 2. The molecule has 12 heteroatoms. The van der Waals surface area contributed by atoms with E-state index in [0.717, 1.165) is 6.07 Å². The lowest BCUT2D eigenvalue weighted by atomic mass is 10.0. The number of rotatable bonds is 10. The molecule has 3 rings (SSSR count). The maximum Gasteiger partial charge on any atom is 0.416 e. The summed E-state index contributed by atoms with van der Waals surface area (Å²) >= 11 is 0. The minimum atomic E-state index is -4.77. The molecule has 2 aromatic carbocycles. The monoisotopic (exact) mass is 562 g/mol. The number of pyridine rings is 1. The summed E-state index contributed by atoms with van der Waals surface area (Å²) in [6.45, 7) is 4.05. The Morgan fingerprint density at radius 2 is 1.82 bits per heavy atom. The first-order valence-corrected chi connectivity index (χ1v) is 12.4. The average Bonchev–Trinajstić information content (AvgIpc) is 2.87. The number of likely N-dealkylation sites (N-methyl/N-ethyl adjacent to an activating group) is 1. The third-order valence-corrected chi connectivity index (χ3v) is 6.15. The molecule has 0 bridgehead atoms. The molecule has 1 aromatic heterocycles. The quantitative estimate of drug-likeness (QED) is 0.317. The number of amides is 2. The van der Waals surface area contributed by atoms with Gasteiger partial charge < -0.3 is 25.3 Å². The number of aromatic nitrogens is 1. The van der Waals surface area contributed by atoms with Crippen molar-refractivity contribution in [1.29, 1.82) is 0 Å². The molecule has 0 saturated heterocycles. The Balaban J connectivity index is 1.80. The second kappa shape index (κ2) is 12.8. The number of halogens is 4.